The van der Waals surface area contributed by atoms with E-state index in [4.69, 9.17) is 5.11 Å². The second-order valence-corrected chi connectivity index (χ2v) is 7.40. The Balaban J connectivity index is 2.42. The molecule has 0 unspecified atom stereocenters. The summed E-state index contributed by atoms with van der Waals surface area (Å²) < 4.78 is 26.1. The molecule has 7 heteroatoms. The van der Waals surface area contributed by atoms with Crippen LogP contribution in [0.1, 0.15) is 11.3 Å². The van der Waals surface area contributed by atoms with Crippen molar-refractivity contribution in [2.45, 2.75) is 13.0 Å². The molecule has 0 saturated heterocycles. The fourth-order valence-electron chi connectivity index (χ4n) is 0.955. The van der Waals surface area contributed by atoms with Crippen molar-refractivity contribution < 1.29 is 13.5 Å². The number of rotatable bonds is 6. The van der Waals surface area contributed by atoms with Crippen molar-refractivity contribution in [1.29, 1.82) is 0 Å². The molecule has 1 aromatic heterocycles. The van der Waals surface area contributed by atoms with Gasteiger partial charge < -0.3 is 5.11 Å². The number of halogens is 1. The van der Waals surface area contributed by atoms with E-state index in [9.17, 15) is 8.42 Å². The van der Waals surface area contributed by atoms with Gasteiger partial charge in [-0.2, -0.15) is 0 Å². The van der Waals surface area contributed by atoms with Crippen molar-refractivity contribution in [2.24, 2.45) is 0 Å². The van der Waals surface area contributed by atoms with E-state index in [0.29, 0.717) is 6.54 Å². The molecule has 0 radical (unpaired) electrons. The topological polar surface area (TPSA) is 66.4 Å². The lowest BCUT2D eigenvalue weighted by Crippen LogP contribution is -2.25. The summed E-state index contributed by atoms with van der Waals surface area (Å²) >= 11 is 4.80. The monoisotopic (exact) mass is 313 g/mol. The van der Waals surface area contributed by atoms with Gasteiger partial charge in [0.15, 0.2) is 0 Å². The molecule has 0 aromatic carbocycles. The molecule has 0 spiro atoms. The first-order valence-corrected chi connectivity index (χ1v) is 7.62. The third-order valence-corrected chi connectivity index (χ3v) is 4.70. The summed E-state index contributed by atoms with van der Waals surface area (Å²) in [6.45, 7) is 0.204. The minimum absolute atomic E-state index is 0.0317. The summed E-state index contributed by atoms with van der Waals surface area (Å²) in [7, 11) is -3.25. The van der Waals surface area contributed by atoms with Crippen LogP contribution in [0.2, 0.25) is 0 Å². The number of aliphatic hydroxyl groups excluding tert-OH is 1. The summed E-state index contributed by atoms with van der Waals surface area (Å²) in [4.78, 5) is 0.953. The summed E-state index contributed by atoms with van der Waals surface area (Å²) in [5.74, 6) is -0.0317. The second-order valence-electron chi connectivity index (χ2n) is 2.92. The zero-order chi connectivity index (χ0) is 11.3. The lowest BCUT2D eigenvalue weighted by Gasteiger charge is -2.03. The Morgan fingerprint density at radius 2 is 2.20 bits per heavy atom. The second kappa shape index (κ2) is 5.95. The lowest BCUT2D eigenvalue weighted by atomic mass is 10.5. The number of hydrogen-bond donors (Lipinski definition) is 2. The summed E-state index contributed by atoms with van der Waals surface area (Å²) in [6, 6.07) is 3.74. The van der Waals surface area contributed by atoms with Crippen LogP contribution in [0.25, 0.3) is 0 Å². The summed E-state index contributed by atoms with van der Waals surface area (Å²) in [6.07, 6.45) is 0.267. The largest absolute Gasteiger partial charge is 0.396 e. The normalized spacial score (nSPS) is 11.9. The van der Waals surface area contributed by atoms with Gasteiger partial charge in [0.25, 0.3) is 0 Å². The van der Waals surface area contributed by atoms with Gasteiger partial charge in [0.2, 0.25) is 10.0 Å². The van der Waals surface area contributed by atoms with Crippen LogP contribution in [0.15, 0.2) is 15.9 Å². The van der Waals surface area contributed by atoms with E-state index in [0.717, 1.165) is 8.66 Å². The van der Waals surface area contributed by atoms with Crippen molar-refractivity contribution in [1.82, 2.24) is 4.72 Å². The van der Waals surface area contributed by atoms with Crippen molar-refractivity contribution in [2.75, 3.05) is 12.4 Å². The van der Waals surface area contributed by atoms with Crippen LogP contribution in [-0.2, 0) is 16.6 Å². The van der Waals surface area contributed by atoms with Gasteiger partial charge in [-0.05, 0) is 34.5 Å². The highest BCUT2D eigenvalue weighted by Gasteiger charge is 2.09. The first-order valence-electron chi connectivity index (χ1n) is 4.36. The van der Waals surface area contributed by atoms with Crippen LogP contribution in [0.3, 0.4) is 0 Å². The number of nitrogens with one attached hydrogen (secondary N) is 1. The molecule has 0 aliphatic carbocycles. The van der Waals surface area contributed by atoms with Crippen LogP contribution in [0.4, 0.5) is 0 Å². The average Bonchev–Trinajstić information content (AvgIpc) is 2.59. The fraction of sp³-hybridized carbons (Fsp3) is 0.500. The molecule has 0 amide bonds. The quantitative estimate of drug-likeness (QED) is 0.832. The average molecular weight is 314 g/mol. The van der Waals surface area contributed by atoms with Gasteiger partial charge >= 0.3 is 0 Å². The Kier molecular flexibility index (Phi) is 5.20. The Morgan fingerprint density at radius 3 is 2.73 bits per heavy atom. The van der Waals surface area contributed by atoms with Crippen molar-refractivity contribution in [3.8, 4) is 0 Å². The van der Waals surface area contributed by atoms with E-state index in [1.54, 1.807) is 0 Å². The minimum Gasteiger partial charge on any atom is -0.396 e. The van der Waals surface area contributed by atoms with E-state index in [1.807, 2.05) is 12.1 Å². The van der Waals surface area contributed by atoms with Crippen molar-refractivity contribution in [3.63, 3.8) is 0 Å². The molecule has 86 valence electrons. The Labute approximate surface area is 102 Å². The van der Waals surface area contributed by atoms with Crippen LogP contribution in [0.5, 0.6) is 0 Å². The molecule has 0 saturated carbocycles. The molecule has 1 aromatic rings. The zero-order valence-electron chi connectivity index (χ0n) is 7.94. The molecule has 0 atom stereocenters. The molecular formula is C8H12BrNO3S2. The first kappa shape index (κ1) is 13.1. The van der Waals surface area contributed by atoms with Gasteiger partial charge in [-0.1, -0.05) is 0 Å². The molecule has 1 heterocycles. The smallest absolute Gasteiger partial charge is 0.212 e. The Bertz CT molecular complexity index is 402. The SMILES string of the molecule is O=S(=O)(CCCO)NCc1ccc(Br)s1. The predicted octanol–water partition coefficient (Wildman–Crippen LogP) is 1.31. The molecule has 0 fully saturated rings. The highest BCUT2D eigenvalue weighted by molar-refractivity contribution is 9.11. The van der Waals surface area contributed by atoms with Crippen molar-refractivity contribution >= 4 is 37.3 Å². The van der Waals surface area contributed by atoms with Crippen LogP contribution in [-0.4, -0.2) is 25.9 Å². The molecule has 0 bridgehead atoms. The fourth-order valence-corrected chi connectivity index (χ4v) is 3.50. The van der Waals surface area contributed by atoms with E-state index in [-0.39, 0.29) is 18.8 Å². The number of hydrogen-bond acceptors (Lipinski definition) is 4. The van der Waals surface area contributed by atoms with E-state index in [1.165, 1.54) is 11.3 Å². The van der Waals surface area contributed by atoms with Gasteiger partial charge in [0, 0.05) is 18.0 Å². The minimum atomic E-state index is -3.25. The van der Waals surface area contributed by atoms with Gasteiger partial charge in [-0.15, -0.1) is 11.3 Å². The van der Waals surface area contributed by atoms with Gasteiger partial charge in [0.1, 0.15) is 0 Å². The van der Waals surface area contributed by atoms with Gasteiger partial charge in [-0.25, -0.2) is 13.1 Å². The van der Waals surface area contributed by atoms with E-state index < -0.39 is 10.0 Å². The third kappa shape index (κ3) is 5.07. The highest BCUT2D eigenvalue weighted by atomic mass is 79.9. The maximum atomic E-state index is 11.3. The summed E-state index contributed by atoms with van der Waals surface area (Å²) in [5.41, 5.74) is 0. The lowest BCUT2D eigenvalue weighted by molar-refractivity contribution is 0.295. The van der Waals surface area contributed by atoms with Gasteiger partial charge in [-0.3, -0.25) is 0 Å². The molecule has 0 aliphatic heterocycles. The number of aliphatic hydroxyl groups is 1. The molecule has 1 rings (SSSR count). The first-order chi connectivity index (χ1) is 7.03. The number of thiophene rings is 1. The molecule has 2 N–H and O–H groups in total. The molecular weight excluding hydrogens is 302 g/mol. The maximum Gasteiger partial charge on any atom is 0.212 e. The van der Waals surface area contributed by atoms with Crippen LogP contribution in [0, 0.1) is 0 Å². The zero-order valence-corrected chi connectivity index (χ0v) is 11.2. The molecule has 0 aliphatic rings. The third-order valence-electron chi connectivity index (χ3n) is 1.67. The Morgan fingerprint density at radius 1 is 1.47 bits per heavy atom. The standard InChI is InChI=1S/C8H12BrNO3S2/c9-8-3-2-7(14-8)6-10-15(12,13)5-1-4-11/h2-3,10-11H,1,4-6H2. The maximum absolute atomic E-state index is 11.3. The van der Waals surface area contributed by atoms with Crippen LogP contribution >= 0.6 is 27.3 Å². The van der Waals surface area contributed by atoms with Gasteiger partial charge in [0.05, 0.1) is 9.54 Å². The van der Waals surface area contributed by atoms with Crippen LogP contribution < -0.4 is 4.72 Å². The molecule has 4 nitrogen and oxygen atoms in total. The Hall–Kier alpha value is 0.0500. The van der Waals surface area contributed by atoms with E-state index in [2.05, 4.69) is 20.7 Å². The number of sulfonamides is 1. The van der Waals surface area contributed by atoms with E-state index >= 15 is 0 Å². The summed E-state index contributed by atoms with van der Waals surface area (Å²) in [5, 5.41) is 8.52. The van der Waals surface area contributed by atoms with Crippen molar-refractivity contribution in [3.05, 3.63) is 20.8 Å². The predicted molar refractivity (Wildman–Crippen MR) is 64.3 cm³/mol. The molecule has 15 heavy (non-hydrogen) atoms. The highest BCUT2D eigenvalue weighted by Crippen LogP contribution is 2.21.